The van der Waals surface area contributed by atoms with Crippen LogP contribution in [0.4, 0.5) is 0 Å². The number of carbonyl (C=O) groups excluding carboxylic acids is 1. The van der Waals surface area contributed by atoms with Gasteiger partial charge in [0.05, 0.1) is 5.56 Å². The van der Waals surface area contributed by atoms with Crippen molar-refractivity contribution in [1.29, 1.82) is 0 Å². The second-order valence-corrected chi connectivity index (χ2v) is 6.30. The Morgan fingerprint density at radius 2 is 2.00 bits per heavy atom. The van der Waals surface area contributed by atoms with Gasteiger partial charge in [-0.2, -0.15) is 0 Å². The summed E-state index contributed by atoms with van der Waals surface area (Å²) in [6.45, 7) is 2.16. The molecule has 2 aromatic rings. The number of piperidine rings is 1. The zero-order valence-corrected chi connectivity index (χ0v) is 14.2. The first-order valence-electron chi connectivity index (χ1n) is 8.21. The van der Waals surface area contributed by atoms with Gasteiger partial charge in [0.15, 0.2) is 0 Å². The molecule has 1 aliphatic heterocycles. The molecule has 24 heavy (non-hydrogen) atoms. The third-order valence-electron chi connectivity index (χ3n) is 4.10. The number of carbonyl (C=O) groups is 1. The fourth-order valence-corrected chi connectivity index (χ4v) is 2.98. The van der Waals surface area contributed by atoms with Crippen LogP contribution in [0.25, 0.3) is 0 Å². The van der Waals surface area contributed by atoms with E-state index < -0.39 is 0 Å². The highest BCUT2D eigenvalue weighted by Crippen LogP contribution is 2.22. The smallest absolute Gasteiger partial charge is 0.255 e. The number of hydrogen-bond donors (Lipinski definition) is 2. The summed E-state index contributed by atoms with van der Waals surface area (Å²) >= 11 is 6.16. The van der Waals surface area contributed by atoms with Crippen molar-refractivity contribution in [2.75, 3.05) is 13.1 Å². The van der Waals surface area contributed by atoms with Crippen LogP contribution in [0.2, 0.25) is 5.02 Å². The lowest BCUT2D eigenvalue weighted by Crippen LogP contribution is -2.45. The molecule has 0 saturated carbocycles. The fourth-order valence-electron chi connectivity index (χ4n) is 2.79. The summed E-state index contributed by atoms with van der Waals surface area (Å²) in [6.07, 6.45) is 2.08. The predicted molar refractivity (Wildman–Crippen MR) is 95.6 cm³/mol. The first kappa shape index (κ1) is 16.8. The van der Waals surface area contributed by atoms with Crippen LogP contribution in [0.5, 0.6) is 5.75 Å². The number of nitrogens with one attached hydrogen (secondary N) is 2. The van der Waals surface area contributed by atoms with Crippen molar-refractivity contribution < 1.29 is 9.53 Å². The van der Waals surface area contributed by atoms with Crippen molar-refractivity contribution in [1.82, 2.24) is 10.6 Å². The van der Waals surface area contributed by atoms with Crippen LogP contribution < -0.4 is 15.4 Å². The SMILES string of the molecule is O=C(NC1CCCNC1)c1ccccc1OCc1ccccc1Cl. The van der Waals surface area contributed by atoms with Gasteiger partial charge in [0.1, 0.15) is 12.4 Å². The third kappa shape index (κ3) is 4.28. The van der Waals surface area contributed by atoms with Crippen molar-refractivity contribution in [2.45, 2.75) is 25.5 Å². The molecule has 1 saturated heterocycles. The number of halogens is 1. The van der Waals surface area contributed by atoms with Crippen molar-refractivity contribution in [2.24, 2.45) is 0 Å². The summed E-state index contributed by atoms with van der Waals surface area (Å²) in [5.74, 6) is 0.470. The van der Waals surface area contributed by atoms with Crippen molar-refractivity contribution >= 4 is 17.5 Å². The molecule has 0 spiro atoms. The molecular weight excluding hydrogens is 324 g/mol. The first-order chi connectivity index (χ1) is 11.7. The van der Waals surface area contributed by atoms with Gasteiger partial charge in [0.25, 0.3) is 5.91 Å². The summed E-state index contributed by atoms with van der Waals surface area (Å²) < 4.78 is 5.85. The Kier molecular flexibility index (Phi) is 5.72. The molecule has 0 aliphatic carbocycles. The van der Waals surface area contributed by atoms with Crippen LogP contribution in [0.1, 0.15) is 28.8 Å². The van der Waals surface area contributed by atoms with Crippen LogP contribution in [0.3, 0.4) is 0 Å². The topological polar surface area (TPSA) is 50.4 Å². The van der Waals surface area contributed by atoms with E-state index in [0.717, 1.165) is 31.5 Å². The molecule has 2 aromatic carbocycles. The highest BCUT2D eigenvalue weighted by Gasteiger charge is 2.18. The molecule has 1 atom stereocenters. The minimum absolute atomic E-state index is 0.0986. The van der Waals surface area contributed by atoms with Crippen LogP contribution in [-0.4, -0.2) is 25.0 Å². The molecule has 1 aliphatic rings. The number of rotatable bonds is 5. The standard InChI is InChI=1S/C19H21ClN2O2/c20-17-9-3-1-6-14(17)13-24-18-10-4-2-8-16(18)19(23)22-15-7-5-11-21-12-15/h1-4,6,8-10,15,21H,5,7,11-13H2,(H,22,23). The van der Waals surface area contributed by atoms with E-state index in [0.29, 0.717) is 22.9 Å². The molecule has 0 radical (unpaired) electrons. The second kappa shape index (κ2) is 8.18. The van der Waals surface area contributed by atoms with E-state index in [9.17, 15) is 4.79 Å². The number of hydrogen-bond acceptors (Lipinski definition) is 3. The van der Waals surface area contributed by atoms with Gasteiger partial charge >= 0.3 is 0 Å². The largest absolute Gasteiger partial charge is 0.488 e. The number of ether oxygens (including phenoxy) is 1. The zero-order chi connectivity index (χ0) is 16.8. The van der Waals surface area contributed by atoms with Gasteiger partial charge in [0.2, 0.25) is 0 Å². The lowest BCUT2D eigenvalue weighted by atomic mass is 10.1. The Hall–Kier alpha value is -2.04. The Bertz CT molecular complexity index is 699. The van der Waals surface area contributed by atoms with E-state index in [1.54, 1.807) is 6.07 Å². The van der Waals surface area contributed by atoms with Crippen LogP contribution in [0, 0.1) is 0 Å². The van der Waals surface area contributed by atoms with Crippen LogP contribution in [-0.2, 0) is 6.61 Å². The Morgan fingerprint density at radius 3 is 2.79 bits per heavy atom. The van der Waals surface area contributed by atoms with E-state index in [2.05, 4.69) is 10.6 Å². The minimum Gasteiger partial charge on any atom is -0.488 e. The van der Waals surface area contributed by atoms with Gasteiger partial charge in [-0.3, -0.25) is 4.79 Å². The first-order valence-corrected chi connectivity index (χ1v) is 8.58. The minimum atomic E-state index is -0.0986. The van der Waals surface area contributed by atoms with Gasteiger partial charge in [-0.05, 0) is 37.6 Å². The van der Waals surface area contributed by atoms with E-state index in [1.807, 2.05) is 42.5 Å². The Morgan fingerprint density at radius 1 is 1.21 bits per heavy atom. The second-order valence-electron chi connectivity index (χ2n) is 5.89. The van der Waals surface area contributed by atoms with Crippen molar-refractivity contribution in [3.63, 3.8) is 0 Å². The lowest BCUT2D eigenvalue weighted by Gasteiger charge is -2.24. The summed E-state index contributed by atoms with van der Waals surface area (Å²) in [5, 5.41) is 7.04. The van der Waals surface area contributed by atoms with Gasteiger partial charge in [0, 0.05) is 23.2 Å². The van der Waals surface area contributed by atoms with E-state index in [4.69, 9.17) is 16.3 Å². The lowest BCUT2D eigenvalue weighted by molar-refractivity contribution is 0.0926. The molecule has 5 heteroatoms. The molecule has 2 N–H and O–H groups in total. The van der Waals surface area contributed by atoms with Crippen LogP contribution in [0.15, 0.2) is 48.5 Å². The Balaban J connectivity index is 1.68. The molecule has 4 nitrogen and oxygen atoms in total. The summed E-state index contributed by atoms with van der Waals surface area (Å²) in [6, 6.07) is 15.0. The predicted octanol–water partition coefficient (Wildman–Crippen LogP) is 3.40. The average molecular weight is 345 g/mol. The number of amides is 1. The molecule has 1 amide bonds. The average Bonchev–Trinajstić information content (AvgIpc) is 2.62. The van der Waals surface area contributed by atoms with Gasteiger partial charge in [-0.15, -0.1) is 0 Å². The normalized spacial score (nSPS) is 17.3. The number of para-hydroxylation sites is 1. The monoisotopic (exact) mass is 344 g/mol. The van der Waals surface area contributed by atoms with Crippen LogP contribution >= 0.6 is 11.6 Å². The van der Waals surface area contributed by atoms with E-state index in [-0.39, 0.29) is 11.9 Å². The quantitative estimate of drug-likeness (QED) is 0.874. The molecular formula is C19H21ClN2O2. The van der Waals surface area contributed by atoms with Gasteiger partial charge < -0.3 is 15.4 Å². The maximum Gasteiger partial charge on any atom is 0.255 e. The molecule has 1 fully saturated rings. The Labute approximate surface area is 147 Å². The van der Waals surface area contributed by atoms with E-state index in [1.165, 1.54) is 0 Å². The summed E-state index contributed by atoms with van der Waals surface area (Å²) in [5.41, 5.74) is 1.45. The molecule has 1 unspecified atom stereocenters. The van der Waals surface area contributed by atoms with Crippen molar-refractivity contribution in [3.05, 3.63) is 64.7 Å². The molecule has 0 bridgehead atoms. The third-order valence-corrected chi connectivity index (χ3v) is 4.47. The molecule has 0 aromatic heterocycles. The van der Waals surface area contributed by atoms with Gasteiger partial charge in [-0.25, -0.2) is 0 Å². The zero-order valence-electron chi connectivity index (χ0n) is 13.4. The highest BCUT2D eigenvalue weighted by molar-refractivity contribution is 6.31. The summed E-state index contributed by atoms with van der Waals surface area (Å²) in [4.78, 5) is 12.6. The molecule has 3 rings (SSSR count). The summed E-state index contributed by atoms with van der Waals surface area (Å²) in [7, 11) is 0. The highest BCUT2D eigenvalue weighted by atomic mass is 35.5. The number of benzene rings is 2. The molecule has 1 heterocycles. The maximum absolute atomic E-state index is 12.6. The van der Waals surface area contributed by atoms with Gasteiger partial charge in [-0.1, -0.05) is 41.9 Å². The molecule has 126 valence electrons. The maximum atomic E-state index is 12.6. The van der Waals surface area contributed by atoms with E-state index >= 15 is 0 Å². The van der Waals surface area contributed by atoms with Crippen molar-refractivity contribution in [3.8, 4) is 5.75 Å². The fraction of sp³-hybridized carbons (Fsp3) is 0.316.